The molecule has 1 aromatic rings. The average molecular weight is 193 g/mol. The van der Waals surface area contributed by atoms with E-state index in [1.54, 1.807) is 24.3 Å². The Morgan fingerprint density at radius 1 is 1.43 bits per heavy atom. The second-order valence-corrected chi connectivity index (χ2v) is 3.32. The van der Waals surface area contributed by atoms with Gasteiger partial charge in [0.05, 0.1) is 0 Å². The number of ketones is 1. The molecule has 0 saturated heterocycles. The summed E-state index contributed by atoms with van der Waals surface area (Å²) in [5.41, 5.74) is 0.708. The van der Waals surface area contributed by atoms with Gasteiger partial charge in [-0.3, -0.25) is 4.79 Å². The van der Waals surface area contributed by atoms with Crippen molar-refractivity contribution in [1.29, 1.82) is 0 Å². The van der Waals surface area contributed by atoms with E-state index in [0.717, 1.165) is 6.42 Å². The van der Waals surface area contributed by atoms with Crippen LogP contribution in [-0.4, -0.2) is 5.78 Å². The van der Waals surface area contributed by atoms with Crippen LogP contribution in [-0.2, 0) is 0 Å². The molecular weight excluding hydrogens is 178 g/mol. The number of rotatable bonds is 4. The minimum absolute atomic E-state index is 0.0691. The summed E-state index contributed by atoms with van der Waals surface area (Å²) >= 11 is 0. The molecule has 3 nitrogen and oxygen atoms in total. The molecule has 0 bridgehead atoms. The number of carbonyl (C=O) groups excluding carboxylic acids is 1. The fourth-order valence-electron chi connectivity index (χ4n) is 1.17. The molecule has 0 saturated carbocycles. The molecule has 3 heteroatoms. The number of hydrogen-bond donors (Lipinski definition) is 1. The maximum Gasteiger partial charge on any atom is 0.165 e. The fourth-order valence-corrected chi connectivity index (χ4v) is 1.17. The molecule has 14 heavy (non-hydrogen) atoms. The number of benzene rings is 1. The van der Waals surface area contributed by atoms with Crippen LogP contribution in [0.2, 0.25) is 0 Å². The molecule has 0 spiro atoms. The van der Waals surface area contributed by atoms with E-state index >= 15 is 0 Å². The zero-order chi connectivity index (χ0) is 10.6. The van der Waals surface area contributed by atoms with Gasteiger partial charge in [0.1, 0.15) is 5.75 Å². The molecule has 1 unspecified atom stereocenters. The van der Waals surface area contributed by atoms with Crippen LogP contribution in [0.4, 0.5) is 0 Å². The van der Waals surface area contributed by atoms with Gasteiger partial charge >= 0.3 is 0 Å². The standard InChI is InChI=1S/C11H15NO2/c1-3-8(2)11(13)9-4-6-10(14-12)7-5-9/h4-8H,3,12H2,1-2H3. The Labute approximate surface area is 83.8 Å². The Morgan fingerprint density at radius 3 is 2.43 bits per heavy atom. The monoisotopic (exact) mass is 193 g/mol. The minimum atomic E-state index is 0.0691. The van der Waals surface area contributed by atoms with Crippen LogP contribution in [0, 0.1) is 5.92 Å². The van der Waals surface area contributed by atoms with Crippen molar-refractivity contribution in [3.05, 3.63) is 29.8 Å². The normalized spacial score (nSPS) is 12.2. The van der Waals surface area contributed by atoms with Crippen molar-refractivity contribution in [3.8, 4) is 5.75 Å². The van der Waals surface area contributed by atoms with Crippen LogP contribution in [0.5, 0.6) is 5.75 Å². The second-order valence-electron chi connectivity index (χ2n) is 3.32. The first-order chi connectivity index (χ1) is 6.69. The lowest BCUT2D eigenvalue weighted by Crippen LogP contribution is -2.10. The van der Waals surface area contributed by atoms with Crippen molar-refractivity contribution < 1.29 is 9.63 Å². The zero-order valence-corrected chi connectivity index (χ0v) is 8.49. The maximum atomic E-state index is 11.7. The summed E-state index contributed by atoms with van der Waals surface area (Å²) in [6.07, 6.45) is 0.855. The lowest BCUT2D eigenvalue weighted by Gasteiger charge is -2.07. The van der Waals surface area contributed by atoms with E-state index in [1.807, 2.05) is 13.8 Å². The largest absolute Gasteiger partial charge is 0.412 e. The van der Waals surface area contributed by atoms with Crippen LogP contribution in [0.1, 0.15) is 30.6 Å². The van der Waals surface area contributed by atoms with Crippen LogP contribution < -0.4 is 10.7 Å². The highest BCUT2D eigenvalue weighted by atomic mass is 16.6. The predicted molar refractivity (Wildman–Crippen MR) is 55.0 cm³/mol. The Balaban J connectivity index is 2.81. The van der Waals surface area contributed by atoms with Crippen LogP contribution in [0.25, 0.3) is 0 Å². The molecule has 0 radical (unpaired) electrons. The summed E-state index contributed by atoms with van der Waals surface area (Å²) < 4.78 is 0. The minimum Gasteiger partial charge on any atom is -0.412 e. The Bertz CT molecular complexity index is 306. The molecule has 0 amide bonds. The van der Waals surface area contributed by atoms with Gasteiger partial charge in [0, 0.05) is 11.5 Å². The molecule has 0 aliphatic rings. The van der Waals surface area contributed by atoms with Crippen molar-refractivity contribution in [2.45, 2.75) is 20.3 Å². The smallest absolute Gasteiger partial charge is 0.165 e. The van der Waals surface area contributed by atoms with Crippen LogP contribution in [0.15, 0.2) is 24.3 Å². The van der Waals surface area contributed by atoms with Crippen molar-refractivity contribution in [1.82, 2.24) is 0 Å². The van der Waals surface area contributed by atoms with Crippen molar-refractivity contribution in [3.63, 3.8) is 0 Å². The predicted octanol–water partition coefficient (Wildman–Crippen LogP) is 2.17. The zero-order valence-electron chi connectivity index (χ0n) is 8.49. The van der Waals surface area contributed by atoms with Crippen molar-refractivity contribution in [2.75, 3.05) is 0 Å². The van der Waals surface area contributed by atoms with Crippen LogP contribution in [0.3, 0.4) is 0 Å². The van der Waals surface area contributed by atoms with Crippen molar-refractivity contribution >= 4 is 5.78 Å². The Kier molecular flexibility index (Phi) is 3.65. The SMILES string of the molecule is CCC(C)C(=O)c1ccc(ON)cc1. The quantitative estimate of drug-likeness (QED) is 0.589. The third kappa shape index (κ3) is 2.33. The van der Waals surface area contributed by atoms with E-state index in [4.69, 9.17) is 5.90 Å². The summed E-state index contributed by atoms with van der Waals surface area (Å²) in [5, 5.41) is 0. The molecule has 1 aromatic carbocycles. The molecule has 0 aliphatic heterocycles. The molecular formula is C11H15NO2. The summed E-state index contributed by atoms with van der Waals surface area (Å²) in [5.74, 6) is 5.77. The number of carbonyl (C=O) groups is 1. The van der Waals surface area contributed by atoms with E-state index < -0.39 is 0 Å². The molecule has 0 aromatic heterocycles. The van der Waals surface area contributed by atoms with Gasteiger partial charge < -0.3 is 4.84 Å². The van der Waals surface area contributed by atoms with Gasteiger partial charge in [-0.1, -0.05) is 13.8 Å². The van der Waals surface area contributed by atoms with E-state index in [2.05, 4.69) is 4.84 Å². The van der Waals surface area contributed by atoms with Gasteiger partial charge in [-0.05, 0) is 30.7 Å². The lowest BCUT2D eigenvalue weighted by molar-refractivity contribution is 0.0927. The molecule has 2 N–H and O–H groups in total. The molecule has 0 aliphatic carbocycles. The number of nitrogens with two attached hydrogens (primary N) is 1. The first-order valence-corrected chi connectivity index (χ1v) is 4.70. The third-order valence-electron chi connectivity index (χ3n) is 2.33. The van der Waals surface area contributed by atoms with Gasteiger partial charge in [0.2, 0.25) is 0 Å². The van der Waals surface area contributed by atoms with Gasteiger partial charge in [-0.15, -0.1) is 0 Å². The molecule has 0 fully saturated rings. The number of hydrogen-bond acceptors (Lipinski definition) is 3. The van der Waals surface area contributed by atoms with Gasteiger partial charge in [-0.25, -0.2) is 0 Å². The average Bonchev–Trinajstić information content (AvgIpc) is 2.27. The molecule has 1 rings (SSSR count). The van der Waals surface area contributed by atoms with Crippen LogP contribution >= 0.6 is 0 Å². The Hall–Kier alpha value is -1.35. The summed E-state index contributed by atoms with van der Waals surface area (Å²) in [6.45, 7) is 3.93. The first kappa shape index (κ1) is 10.7. The highest BCUT2D eigenvalue weighted by Crippen LogP contribution is 2.15. The number of Topliss-reactive ketones (excluding diaryl/α,β-unsaturated/α-hetero) is 1. The van der Waals surface area contributed by atoms with Gasteiger partial charge in [-0.2, -0.15) is 5.90 Å². The summed E-state index contributed by atoms with van der Waals surface area (Å²) in [4.78, 5) is 16.2. The topological polar surface area (TPSA) is 52.3 Å². The maximum absolute atomic E-state index is 11.7. The fraction of sp³-hybridized carbons (Fsp3) is 0.364. The summed E-state index contributed by atoms with van der Waals surface area (Å²) in [7, 11) is 0. The third-order valence-corrected chi connectivity index (χ3v) is 2.33. The van der Waals surface area contributed by atoms with Gasteiger partial charge in [0.25, 0.3) is 0 Å². The highest BCUT2D eigenvalue weighted by Gasteiger charge is 2.12. The van der Waals surface area contributed by atoms with E-state index in [-0.39, 0.29) is 11.7 Å². The van der Waals surface area contributed by atoms with Crippen molar-refractivity contribution in [2.24, 2.45) is 11.8 Å². The van der Waals surface area contributed by atoms with E-state index in [9.17, 15) is 4.79 Å². The highest BCUT2D eigenvalue weighted by molar-refractivity contribution is 5.97. The first-order valence-electron chi connectivity index (χ1n) is 4.70. The van der Waals surface area contributed by atoms with E-state index in [0.29, 0.717) is 11.3 Å². The Morgan fingerprint density at radius 2 is 2.00 bits per heavy atom. The molecule has 0 heterocycles. The second kappa shape index (κ2) is 4.77. The summed E-state index contributed by atoms with van der Waals surface area (Å²) in [6, 6.07) is 6.85. The van der Waals surface area contributed by atoms with Gasteiger partial charge in [0.15, 0.2) is 5.78 Å². The molecule has 1 atom stereocenters. The lowest BCUT2D eigenvalue weighted by atomic mass is 9.97. The molecule has 76 valence electrons. The van der Waals surface area contributed by atoms with E-state index in [1.165, 1.54) is 0 Å².